The van der Waals surface area contributed by atoms with E-state index in [1.54, 1.807) is 0 Å². The molecule has 0 fully saturated rings. The summed E-state index contributed by atoms with van der Waals surface area (Å²) in [6.45, 7) is 6.32. The molecule has 0 heterocycles. The highest BCUT2D eigenvalue weighted by molar-refractivity contribution is 5.71. The van der Waals surface area contributed by atoms with Crippen LogP contribution in [0.25, 0.3) is 0 Å². The van der Waals surface area contributed by atoms with E-state index in [-0.39, 0.29) is 37.5 Å². The van der Waals surface area contributed by atoms with Crippen LogP contribution in [0, 0.1) is 0 Å². The molecular formula is C70H112O6. The summed E-state index contributed by atoms with van der Waals surface area (Å²) in [6.07, 6.45) is 90.1. The van der Waals surface area contributed by atoms with Crippen LogP contribution in [0.4, 0.5) is 0 Å². The molecule has 6 heteroatoms. The first-order valence-corrected chi connectivity index (χ1v) is 30.8. The molecular weight excluding hydrogens is 937 g/mol. The molecule has 0 aliphatic carbocycles. The third kappa shape index (κ3) is 60.2. The highest BCUT2D eigenvalue weighted by atomic mass is 16.6. The molecule has 0 bridgehead atoms. The van der Waals surface area contributed by atoms with Crippen LogP contribution >= 0.6 is 0 Å². The Labute approximate surface area is 467 Å². The number of hydrogen-bond acceptors (Lipinski definition) is 6. The van der Waals surface area contributed by atoms with Gasteiger partial charge >= 0.3 is 17.9 Å². The number of allylic oxidation sites excluding steroid dienone is 24. The Morgan fingerprint density at radius 3 is 0.895 bits per heavy atom. The Hall–Kier alpha value is -4.71. The second-order valence-corrected chi connectivity index (χ2v) is 19.8. The first kappa shape index (κ1) is 71.3. The van der Waals surface area contributed by atoms with Gasteiger partial charge in [-0.1, -0.05) is 256 Å². The molecule has 0 amide bonds. The summed E-state index contributed by atoms with van der Waals surface area (Å²) in [4.78, 5) is 38.1. The zero-order valence-electron chi connectivity index (χ0n) is 49.0. The van der Waals surface area contributed by atoms with E-state index in [2.05, 4.69) is 154 Å². The molecule has 0 aromatic carbocycles. The minimum Gasteiger partial charge on any atom is -0.462 e. The average Bonchev–Trinajstić information content (AvgIpc) is 3.42. The molecule has 0 spiro atoms. The Morgan fingerprint density at radius 1 is 0.276 bits per heavy atom. The fraction of sp³-hybridized carbons (Fsp3) is 0.614. The van der Waals surface area contributed by atoms with Crippen molar-refractivity contribution in [2.75, 3.05) is 13.2 Å². The van der Waals surface area contributed by atoms with Crippen LogP contribution in [0.5, 0.6) is 0 Å². The number of unbranched alkanes of at least 4 members (excludes halogenated alkanes) is 19. The number of rotatable bonds is 54. The Morgan fingerprint density at radius 2 is 0.539 bits per heavy atom. The normalized spacial score (nSPS) is 13.1. The Balaban J connectivity index is 4.32. The summed E-state index contributed by atoms with van der Waals surface area (Å²) in [7, 11) is 0. The lowest BCUT2D eigenvalue weighted by molar-refractivity contribution is -0.166. The number of esters is 3. The maximum atomic E-state index is 12.8. The molecule has 0 rings (SSSR count). The molecule has 0 radical (unpaired) electrons. The van der Waals surface area contributed by atoms with Crippen molar-refractivity contribution in [2.45, 2.75) is 264 Å². The van der Waals surface area contributed by atoms with E-state index in [0.29, 0.717) is 19.3 Å². The van der Waals surface area contributed by atoms with E-state index in [4.69, 9.17) is 14.2 Å². The van der Waals surface area contributed by atoms with Crippen LogP contribution in [-0.2, 0) is 28.6 Å². The molecule has 6 nitrogen and oxygen atoms in total. The second kappa shape index (κ2) is 62.8. The third-order valence-corrected chi connectivity index (χ3v) is 12.6. The van der Waals surface area contributed by atoms with Crippen LogP contribution in [0.1, 0.15) is 258 Å². The predicted molar refractivity (Wildman–Crippen MR) is 329 cm³/mol. The molecule has 0 aliphatic heterocycles. The van der Waals surface area contributed by atoms with Crippen molar-refractivity contribution in [3.8, 4) is 0 Å². The molecule has 0 aromatic heterocycles. The maximum Gasteiger partial charge on any atom is 0.306 e. The summed E-state index contributed by atoms with van der Waals surface area (Å²) >= 11 is 0. The molecule has 0 aromatic rings. The topological polar surface area (TPSA) is 78.9 Å². The molecule has 76 heavy (non-hydrogen) atoms. The van der Waals surface area contributed by atoms with Gasteiger partial charge in [0, 0.05) is 19.3 Å². The van der Waals surface area contributed by atoms with E-state index in [1.165, 1.54) is 83.5 Å². The first-order valence-electron chi connectivity index (χ1n) is 30.8. The molecule has 0 aliphatic rings. The van der Waals surface area contributed by atoms with Gasteiger partial charge in [-0.2, -0.15) is 0 Å². The number of ether oxygens (including phenoxy) is 3. The van der Waals surface area contributed by atoms with E-state index in [9.17, 15) is 14.4 Å². The molecule has 0 N–H and O–H groups in total. The first-order chi connectivity index (χ1) is 37.5. The lowest BCUT2D eigenvalue weighted by atomic mass is 10.1. The van der Waals surface area contributed by atoms with Crippen molar-refractivity contribution in [1.29, 1.82) is 0 Å². The van der Waals surface area contributed by atoms with Gasteiger partial charge in [0.15, 0.2) is 6.10 Å². The van der Waals surface area contributed by atoms with Crippen LogP contribution in [0.3, 0.4) is 0 Å². The fourth-order valence-electron chi connectivity index (χ4n) is 8.02. The summed E-state index contributed by atoms with van der Waals surface area (Å²) in [5.74, 6) is -1.01. The molecule has 1 atom stereocenters. The quantitative estimate of drug-likeness (QED) is 0.0261. The van der Waals surface area contributed by atoms with Crippen molar-refractivity contribution in [3.63, 3.8) is 0 Å². The van der Waals surface area contributed by atoms with Gasteiger partial charge in [0.25, 0.3) is 0 Å². The maximum absolute atomic E-state index is 12.8. The summed E-state index contributed by atoms with van der Waals surface area (Å²) in [6, 6.07) is 0. The van der Waals surface area contributed by atoms with Crippen molar-refractivity contribution < 1.29 is 28.6 Å². The highest BCUT2D eigenvalue weighted by Crippen LogP contribution is 2.14. The van der Waals surface area contributed by atoms with Gasteiger partial charge in [-0.15, -0.1) is 0 Å². The largest absolute Gasteiger partial charge is 0.462 e. The van der Waals surface area contributed by atoms with E-state index < -0.39 is 6.10 Å². The Bertz CT molecular complexity index is 1680. The second-order valence-electron chi connectivity index (χ2n) is 19.8. The predicted octanol–water partition coefficient (Wildman–Crippen LogP) is 21.2. The summed E-state index contributed by atoms with van der Waals surface area (Å²) in [5, 5.41) is 0. The van der Waals surface area contributed by atoms with Gasteiger partial charge in [-0.25, -0.2) is 0 Å². The summed E-state index contributed by atoms with van der Waals surface area (Å²) < 4.78 is 16.8. The zero-order valence-corrected chi connectivity index (χ0v) is 49.0. The number of carbonyl (C=O) groups excluding carboxylic acids is 3. The van der Waals surface area contributed by atoms with Crippen LogP contribution in [-0.4, -0.2) is 37.2 Å². The SMILES string of the molecule is CC/C=C\C/C=C\C/C=C\C/C=C\C/C=C\C/C=C\C/C=C\CCCCCCCCCCCC(=O)OCC(COC(=O)CC/C=C\C/C=C\C/C=C\C/C=C\CC)OC(=O)CCCCCCC/C=C\CCCCCCC. The number of carbonyl (C=O) groups is 3. The fourth-order valence-corrected chi connectivity index (χ4v) is 8.02. The van der Waals surface area contributed by atoms with Gasteiger partial charge in [-0.05, 0) is 128 Å². The van der Waals surface area contributed by atoms with Crippen molar-refractivity contribution in [1.82, 2.24) is 0 Å². The zero-order chi connectivity index (χ0) is 55.0. The molecule has 0 saturated heterocycles. The van der Waals surface area contributed by atoms with Gasteiger partial charge in [0.05, 0.1) is 0 Å². The smallest absolute Gasteiger partial charge is 0.306 e. The van der Waals surface area contributed by atoms with Gasteiger partial charge in [-0.3, -0.25) is 14.4 Å². The lowest BCUT2D eigenvalue weighted by Crippen LogP contribution is -2.30. The van der Waals surface area contributed by atoms with Crippen LogP contribution in [0.15, 0.2) is 146 Å². The number of hydrogen-bond donors (Lipinski definition) is 0. The van der Waals surface area contributed by atoms with Crippen LogP contribution in [0.2, 0.25) is 0 Å². The van der Waals surface area contributed by atoms with Crippen molar-refractivity contribution >= 4 is 17.9 Å². The molecule has 0 saturated carbocycles. The highest BCUT2D eigenvalue weighted by Gasteiger charge is 2.19. The molecule has 1 unspecified atom stereocenters. The van der Waals surface area contributed by atoms with E-state index >= 15 is 0 Å². The summed E-state index contributed by atoms with van der Waals surface area (Å²) in [5.41, 5.74) is 0. The van der Waals surface area contributed by atoms with Gasteiger partial charge < -0.3 is 14.2 Å². The minimum atomic E-state index is -0.819. The lowest BCUT2D eigenvalue weighted by Gasteiger charge is -2.18. The third-order valence-electron chi connectivity index (χ3n) is 12.6. The van der Waals surface area contributed by atoms with E-state index in [0.717, 1.165) is 128 Å². The standard InChI is InChI=1S/C70H112O6/c1-4-7-10-13-16-19-22-25-27-28-29-30-31-32-33-34-35-36-37-38-39-40-41-42-43-46-48-51-54-57-60-63-69(72)75-66-67(65-74-68(71)62-59-56-53-50-47-44-24-21-18-15-12-9-6-3)76-70(73)64-61-58-55-52-49-45-26-23-20-17-14-11-8-5-2/h7,9-10,12,16,18-19,21,23,25-27,29-30,32-33,35-36,38-39,44,47,53,56,67H,4-6,8,11,13-15,17,20,22,24,28,31,34,37,40-43,45-46,48-52,54-55,57-66H2,1-3H3/b10-7-,12-9-,19-16-,21-18-,26-23-,27-25-,30-29-,33-32-,36-35-,39-38-,47-44-,56-53-. The van der Waals surface area contributed by atoms with Crippen molar-refractivity contribution in [2.24, 2.45) is 0 Å². The van der Waals surface area contributed by atoms with E-state index in [1.807, 2.05) is 12.2 Å². The van der Waals surface area contributed by atoms with Crippen molar-refractivity contribution in [3.05, 3.63) is 146 Å². The van der Waals surface area contributed by atoms with Gasteiger partial charge in [0.1, 0.15) is 13.2 Å². The average molecular weight is 1050 g/mol. The molecule has 428 valence electrons. The minimum absolute atomic E-state index is 0.111. The monoisotopic (exact) mass is 1050 g/mol. The van der Waals surface area contributed by atoms with Crippen LogP contribution < -0.4 is 0 Å². The Kier molecular flexibility index (Phi) is 58.9. The van der Waals surface area contributed by atoms with Gasteiger partial charge in [0.2, 0.25) is 0 Å².